The first kappa shape index (κ1) is 16.9. The Labute approximate surface area is 120 Å². The van der Waals surface area contributed by atoms with Gasteiger partial charge in [0.1, 0.15) is 5.78 Å². The SMILES string of the molecule is CC(=O)CC(C)(C)[c-]1cccc1.[Fe+2].c1cc[cH-]c1. The van der Waals surface area contributed by atoms with Crippen molar-refractivity contribution >= 4 is 5.78 Å². The molecule has 0 spiro atoms. The summed E-state index contributed by atoms with van der Waals surface area (Å²) in [4.78, 5) is 11.0. The maximum absolute atomic E-state index is 11.0. The zero-order valence-corrected chi connectivity index (χ0v) is 12.3. The molecule has 0 saturated carbocycles. The molecule has 18 heavy (non-hydrogen) atoms. The smallest absolute Gasteiger partial charge is 0.300 e. The molecule has 0 N–H and O–H groups in total. The van der Waals surface area contributed by atoms with Crippen LogP contribution < -0.4 is 0 Å². The molecule has 2 aromatic rings. The van der Waals surface area contributed by atoms with Crippen molar-refractivity contribution in [2.45, 2.75) is 32.6 Å². The third-order valence-electron chi connectivity index (χ3n) is 2.69. The van der Waals surface area contributed by atoms with Gasteiger partial charge in [-0.15, -0.1) is 0 Å². The predicted molar refractivity (Wildman–Crippen MR) is 72.4 cm³/mol. The van der Waals surface area contributed by atoms with Crippen LogP contribution in [0.3, 0.4) is 0 Å². The molecule has 1 nitrogen and oxygen atoms in total. The number of hydrogen-bond donors (Lipinski definition) is 0. The minimum Gasteiger partial charge on any atom is -0.300 e. The molecule has 0 aliphatic rings. The Hall–Kier alpha value is -1.11. The first-order valence-electron chi connectivity index (χ1n) is 5.91. The summed E-state index contributed by atoms with van der Waals surface area (Å²) in [5.74, 6) is 0.251. The summed E-state index contributed by atoms with van der Waals surface area (Å²) in [6.07, 6.45) is 0.622. The van der Waals surface area contributed by atoms with Crippen molar-refractivity contribution in [1.82, 2.24) is 0 Å². The Kier molecular flexibility index (Phi) is 7.57. The summed E-state index contributed by atoms with van der Waals surface area (Å²) >= 11 is 0. The van der Waals surface area contributed by atoms with E-state index in [1.807, 2.05) is 42.5 Å². The molecule has 0 heterocycles. The van der Waals surface area contributed by atoms with Gasteiger partial charge in [-0.1, -0.05) is 13.8 Å². The van der Waals surface area contributed by atoms with Gasteiger partial charge in [-0.05, 0) is 12.3 Å². The van der Waals surface area contributed by atoms with Gasteiger partial charge in [0.15, 0.2) is 0 Å². The molecule has 2 heteroatoms. The van der Waals surface area contributed by atoms with Crippen molar-refractivity contribution in [2.75, 3.05) is 0 Å². The second kappa shape index (κ2) is 8.07. The molecule has 0 unspecified atom stereocenters. The van der Waals surface area contributed by atoms with Crippen molar-refractivity contribution < 1.29 is 21.9 Å². The minimum absolute atomic E-state index is 0. The number of hydrogen-bond acceptors (Lipinski definition) is 1. The molecule has 2 rings (SSSR count). The summed E-state index contributed by atoms with van der Waals surface area (Å²) in [7, 11) is 0. The average molecular weight is 284 g/mol. The van der Waals surface area contributed by atoms with Gasteiger partial charge in [0.2, 0.25) is 0 Å². The first-order valence-corrected chi connectivity index (χ1v) is 5.91. The van der Waals surface area contributed by atoms with Crippen LogP contribution in [0.25, 0.3) is 0 Å². The van der Waals surface area contributed by atoms with E-state index in [9.17, 15) is 4.79 Å². The summed E-state index contributed by atoms with van der Waals surface area (Å²) < 4.78 is 0. The Balaban J connectivity index is 0.000000405. The number of ketones is 1. The molecule has 0 aliphatic heterocycles. The van der Waals surface area contributed by atoms with E-state index in [1.54, 1.807) is 6.92 Å². The normalized spacial score (nSPS) is 9.94. The zero-order chi connectivity index (χ0) is 12.7. The van der Waals surface area contributed by atoms with Crippen LogP contribution in [0, 0.1) is 0 Å². The molecular weight excluding hydrogens is 264 g/mol. The van der Waals surface area contributed by atoms with Crippen molar-refractivity contribution in [2.24, 2.45) is 0 Å². The quantitative estimate of drug-likeness (QED) is 0.613. The van der Waals surface area contributed by atoms with E-state index in [2.05, 4.69) is 26.0 Å². The molecule has 0 fully saturated rings. The second-order valence-corrected chi connectivity index (χ2v) is 4.90. The van der Waals surface area contributed by atoms with Gasteiger partial charge in [0, 0.05) is 6.42 Å². The summed E-state index contributed by atoms with van der Waals surface area (Å²) in [5.41, 5.74) is 1.24. The van der Waals surface area contributed by atoms with Crippen LogP contribution in [0.15, 0.2) is 54.6 Å². The topological polar surface area (TPSA) is 17.1 Å². The van der Waals surface area contributed by atoms with Gasteiger partial charge in [-0.3, -0.25) is 0 Å². The van der Waals surface area contributed by atoms with Crippen molar-refractivity contribution in [3.8, 4) is 0 Å². The first-order chi connectivity index (χ1) is 8.02. The number of Topliss-reactive ketones (excluding diaryl/α,β-unsaturated/α-hetero) is 1. The van der Waals surface area contributed by atoms with Crippen LogP contribution >= 0.6 is 0 Å². The van der Waals surface area contributed by atoms with Crippen LogP contribution in [0.1, 0.15) is 32.8 Å². The third-order valence-corrected chi connectivity index (χ3v) is 2.69. The summed E-state index contributed by atoms with van der Waals surface area (Å²) in [6, 6.07) is 18.2. The standard InChI is InChI=1S/C11H15O.C5H5.Fe/c1-9(12)8-11(2,3)10-6-4-5-7-10;1-2-4-5-3-1;/h4-7H,8H2,1-3H3;1-5H;/q2*-1;+2. The molecule has 0 atom stereocenters. The van der Waals surface area contributed by atoms with Crippen LogP contribution in [0.5, 0.6) is 0 Å². The summed E-state index contributed by atoms with van der Waals surface area (Å²) in [5, 5.41) is 0. The van der Waals surface area contributed by atoms with E-state index in [1.165, 1.54) is 5.56 Å². The van der Waals surface area contributed by atoms with Crippen molar-refractivity contribution in [3.05, 3.63) is 60.2 Å². The van der Waals surface area contributed by atoms with Crippen LogP contribution in [0.2, 0.25) is 0 Å². The Morgan fingerprint density at radius 1 is 1.11 bits per heavy atom. The molecule has 98 valence electrons. The maximum atomic E-state index is 11.0. The Morgan fingerprint density at radius 3 is 1.94 bits per heavy atom. The van der Waals surface area contributed by atoms with Crippen molar-refractivity contribution in [3.63, 3.8) is 0 Å². The Morgan fingerprint density at radius 2 is 1.61 bits per heavy atom. The van der Waals surface area contributed by atoms with Gasteiger partial charge in [-0.2, -0.15) is 35.9 Å². The van der Waals surface area contributed by atoms with E-state index in [0.29, 0.717) is 6.42 Å². The van der Waals surface area contributed by atoms with Crippen molar-refractivity contribution in [1.29, 1.82) is 0 Å². The largest absolute Gasteiger partial charge is 2.00 e. The molecule has 0 bridgehead atoms. The molecular formula is C16H20FeO. The maximum Gasteiger partial charge on any atom is 2.00 e. The molecule has 2 aromatic carbocycles. The molecule has 0 radical (unpaired) electrons. The zero-order valence-electron chi connectivity index (χ0n) is 11.2. The van der Waals surface area contributed by atoms with Gasteiger partial charge in [0.25, 0.3) is 0 Å². The van der Waals surface area contributed by atoms with Crippen LogP contribution in [0.4, 0.5) is 0 Å². The predicted octanol–water partition coefficient (Wildman–Crippen LogP) is 4.07. The van der Waals surface area contributed by atoms with Gasteiger partial charge in [-0.25, -0.2) is 24.3 Å². The fourth-order valence-corrected chi connectivity index (χ4v) is 1.87. The Bertz CT molecular complexity index is 393. The van der Waals surface area contributed by atoms with Gasteiger partial charge in [0.05, 0.1) is 0 Å². The molecule has 0 aromatic heterocycles. The number of rotatable bonds is 3. The average Bonchev–Trinajstić information content (AvgIpc) is 2.93. The second-order valence-electron chi connectivity index (χ2n) is 4.90. The van der Waals surface area contributed by atoms with Gasteiger partial charge >= 0.3 is 17.1 Å². The number of carbonyl (C=O) groups excluding carboxylic acids is 1. The van der Waals surface area contributed by atoms with E-state index in [-0.39, 0.29) is 28.3 Å². The fraction of sp³-hybridized carbons (Fsp3) is 0.312. The minimum atomic E-state index is -0.00463. The third kappa shape index (κ3) is 5.99. The summed E-state index contributed by atoms with van der Waals surface area (Å²) in [6.45, 7) is 5.85. The van der Waals surface area contributed by atoms with E-state index in [4.69, 9.17) is 0 Å². The number of carbonyl (C=O) groups is 1. The monoisotopic (exact) mass is 284 g/mol. The fourth-order valence-electron chi connectivity index (χ4n) is 1.87. The van der Waals surface area contributed by atoms with E-state index < -0.39 is 0 Å². The molecule has 0 saturated heterocycles. The van der Waals surface area contributed by atoms with Crippen LogP contribution in [-0.4, -0.2) is 5.78 Å². The van der Waals surface area contributed by atoms with E-state index >= 15 is 0 Å². The molecule has 0 amide bonds. The van der Waals surface area contributed by atoms with E-state index in [0.717, 1.165) is 0 Å². The van der Waals surface area contributed by atoms with Crippen LogP contribution in [-0.2, 0) is 27.3 Å². The molecule has 0 aliphatic carbocycles. The van der Waals surface area contributed by atoms with Gasteiger partial charge < -0.3 is 4.79 Å².